The topological polar surface area (TPSA) is 36.9 Å². The lowest BCUT2D eigenvalue weighted by Crippen LogP contribution is -2.34. The molecule has 0 aromatic carbocycles. The van der Waals surface area contributed by atoms with Gasteiger partial charge in [0.1, 0.15) is 0 Å². The van der Waals surface area contributed by atoms with Crippen LogP contribution < -0.4 is 0 Å². The summed E-state index contributed by atoms with van der Waals surface area (Å²) in [4.78, 5) is 0. The number of allylic oxidation sites excluding steroid dienone is 1. The maximum atomic E-state index is 5.72. The largest absolute Gasteiger partial charge is 0.352 e. The van der Waals surface area contributed by atoms with Crippen LogP contribution in [0.25, 0.3) is 0 Å². The van der Waals surface area contributed by atoms with Crippen molar-refractivity contribution >= 4 is 0 Å². The Balaban J connectivity index is 1.59. The van der Waals surface area contributed by atoms with E-state index < -0.39 is 0 Å². The van der Waals surface area contributed by atoms with E-state index in [-0.39, 0.29) is 12.6 Å². The third-order valence-electron chi connectivity index (χ3n) is 3.64. The molecular weight excluding hydrogens is 244 g/mol. The molecule has 0 aliphatic carbocycles. The van der Waals surface area contributed by atoms with Crippen molar-refractivity contribution in [2.45, 2.75) is 45.7 Å². The molecule has 19 heavy (non-hydrogen) atoms. The zero-order valence-electron chi connectivity index (χ0n) is 12.0. The lowest BCUT2D eigenvalue weighted by molar-refractivity contribution is -0.214. The van der Waals surface area contributed by atoms with Gasteiger partial charge in [-0.2, -0.15) is 0 Å². The molecule has 0 aromatic rings. The monoisotopic (exact) mass is 270 g/mol. The van der Waals surface area contributed by atoms with Crippen LogP contribution in [0.1, 0.15) is 33.1 Å². The van der Waals surface area contributed by atoms with Crippen LogP contribution in [0.4, 0.5) is 0 Å². The van der Waals surface area contributed by atoms with Gasteiger partial charge in [0.25, 0.3) is 0 Å². The fourth-order valence-corrected chi connectivity index (χ4v) is 2.47. The summed E-state index contributed by atoms with van der Waals surface area (Å²) >= 11 is 0. The first-order chi connectivity index (χ1) is 9.31. The molecule has 0 bridgehead atoms. The number of hydrogen-bond acceptors (Lipinski definition) is 4. The van der Waals surface area contributed by atoms with E-state index in [9.17, 15) is 0 Å². The van der Waals surface area contributed by atoms with Crippen molar-refractivity contribution < 1.29 is 18.9 Å². The van der Waals surface area contributed by atoms with E-state index in [1.807, 2.05) is 6.92 Å². The molecule has 2 rings (SSSR count). The second-order valence-electron chi connectivity index (χ2n) is 5.33. The van der Waals surface area contributed by atoms with Crippen molar-refractivity contribution in [1.82, 2.24) is 0 Å². The van der Waals surface area contributed by atoms with Gasteiger partial charge in [0, 0.05) is 11.8 Å². The highest BCUT2D eigenvalue weighted by molar-refractivity contribution is 4.86. The van der Waals surface area contributed by atoms with Crippen LogP contribution in [0.15, 0.2) is 12.2 Å². The van der Waals surface area contributed by atoms with Gasteiger partial charge in [0.05, 0.1) is 26.4 Å². The van der Waals surface area contributed by atoms with Crippen LogP contribution in [-0.2, 0) is 18.9 Å². The Kier molecular flexibility index (Phi) is 6.31. The van der Waals surface area contributed by atoms with Crippen molar-refractivity contribution in [3.05, 3.63) is 12.2 Å². The SMILES string of the molecule is C/C=C\C1COC(CCC2COC(CC)OC2)OC1. The Hall–Kier alpha value is -0.420. The van der Waals surface area contributed by atoms with Crippen LogP contribution in [0.2, 0.25) is 0 Å². The highest BCUT2D eigenvalue weighted by atomic mass is 16.7. The van der Waals surface area contributed by atoms with E-state index in [0.29, 0.717) is 11.8 Å². The van der Waals surface area contributed by atoms with Crippen molar-refractivity contribution in [1.29, 1.82) is 0 Å². The molecule has 4 heteroatoms. The molecule has 2 aliphatic rings. The average molecular weight is 270 g/mol. The van der Waals surface area contributed by atoms with Crippen molar-refractivity contribution in [2.75, 3.05) is 26.4 Å². The number of ether oxygens (including phenoxy) is 4. The second-order valence-corrected chi connectivity index (χ2v) is 5.33. The molecule has 0 spiro atoms. The third kappa shape index (κ3) is 4.88. The van der Waals surface area contributed by atoms with Crippen LogP contribution in [0.5, 0.6) is 0 Å². The van der Waals surface area contributed by atoms with E-state index in [1.165, 1.54) is 0 Å². The first-order valence-corrected chi connectivity index (χ1v) is 7.41. The van der Waals surface area contributed by atoms with Crippen molar-refractivity contribution in [3.8, 4) is 0 Å². The summed E-state index contributed by atoms with van der Waals surface area (Å²) in [6, 6.07) is 0. The summed E-state index contributed by atoms with van der Waals surface area (Å²) in [6.07, 6.45) is 7.04. The molecular formula is C15H26O4. The molecule has 110 valence electrons. The zero-order chi connectivity index (χ0) is 13.5. The molecule has 2 fully saturated rings. The minimum absolute atomic E-state index is 0.0000183. The maximum absolute atomic E-state index is 5.72. The summed E-state index contributed by atoms with van der Waals surface area (Å²) < 4.78 is 22.7. The summed E-state index contributed by atoms with van der Waals surface area (Å²) in [5.41, 5.74) is 0. The predicted molar refractivity (Wildman–Crippen MR) is 72.7 cm³/mol. The molecule has 2 aliphatic heterocycles. The summed E-state index contributed by atoms with van der Waals surface area (Å²) in [5.74, 6) is 0.885. The maximum Gasteiger partial charge on any atom is 0.157 e. The molecule has 2 heterocycles. The lowest BCUT2D eigenvalue weighted by Gasteiger charge is -2.31. The molecule has 0 radical (unpaired) electrons. The van der Waals surface area contributed by atoms with E-state index in [1.54, 1.807) is 0 Å². The Labute approximate surface area is 116 Å². The first-order valence-electron chi connectivity index (χ1n) is 7.41. The average Bonchev–Trinajstić information content (AvgIpc) is 2.47. The van der Waals surface area contributed by atoms with Gasteiger partial charge in [-0.05, 0) is 26.2 Å². The smallest absolute Gasteiger partial charge is 0.157 e. The Morgan fingerprint density at radius 3 is 2.11 bits per heavy atom. The zero-order valence-corrected chi connectivity index (χ0v) is 12.0. The number of hydrogen-bond donors (Lipinski definition) is 0. The van der Waals surface area contributed by atoms with Gasteiger partial charge in [0.15, 0.2) is 12.6 Å². The Morgan fingerprint density at radius 2 is 1.53 bits per heavy atom. The molecule has 0 unspecified atom stereocenters. The highest BCUT2D eigenvalue weighted by Gasteiger charge is 2.24. The molecule has 0 aromatic heterocycles. The van der Waals surface area contributed by atoms with Gasteiger partial charge in [-0.3, -0.25) is 0 Å². The number of rotatable bonds is 5. The van der Waals surface area contributed by atoms with Gasteiger partial charge in [0.2, 0.25) is 0 Å². The van der Waals surface area contributed by atoms with Gasteiger partial charge in [-0.15, -0.1) is 0 Å². The van der Waals surface area contributed by atoms with E-state index >= 15 is 0 Å². The predicted octanol–water partition coefficient (Wildman–Crippen LogP) is 2.73. The summed E-state index contributed by atoms with van der Waals surface area (Å²) in [6.45, 7) is 7.24. The molecule has 4 nitrogen and oxygen atoms in total. The Morgan fingerprint density at radius 1 is 0.895 bits per heavy atom. The highest BCUT2D eigenvalue weighted by Crippen LogP contribution is 2.22. The molecule has 0 atom stereocenters. The van der Waals surface area contributed by atoms with Gasteiger partial charge >= 0.3 is 0 Å². The Bertz CT molecular complexity index is 263. The summed E-state index contributed by atoms with van der Waals surface area (Å²) in [5, 5.41) is 0. The van der Waals surface area contributed by atoms with Crippen LogP contribution in [0, 0.1) is 11.8 Å². The molecule has 0 amide bonds. The minimum atomic E-state index is -0.0506. The normalized spacial score (nSPS) is 36.7. The standard InChI is InChI=1S/C15H26O4/c1-3-5-12-8-18-15(19-9-12)7-6-13-10-16-14(4-2)17-11-13/h3,5,12-15H,4,6-11H2,1-2H3/b5-3-. The van der Waals surface area contributed by atoms with Crippen LogP contribution >= 0.6 is 0 Å². The molecule has 2 saturated heterocycles. The van der Waals surface area contributed by atoms with Crippen molar-refractivity contribution in [3.63, 3.8) is 0 Å². The van der Waals surface area contributed by atoms with Crippen molar-refractivity contribution in [2.24, 2.45) is 11.8 Å². The third-order valence-corrected chi connectivity index (χ3v) is 3.64. The lowest BCUT2D eigenvalue weighted by atomic mass is 10.0. The molecule has 0 saturated carbocycles. The summed E-state index contributed by atoms with van der Waals surface area (Å²) in [7, 11) is 0. The van der Waals surface area contributed by atoms with Gasteiger partial charge < -0.3 is 18.9 Å². The van der Waals surface area contributed by atoms with Gasteiger partial charge in [-0.1, -0.05) is 19.1 Å². The van der Waals surface area contributed by atoms with Crippen LogP contribution in [0.3, 0.4) is 0 Å². The second kappa shape index (κ2) is 8.00. The van der Waals surface area contributed by atoms with E-state index in [2.05, 4.69) is 19.1 Å². The molecule has 0 N–H and O–H groups in total. The van der Waals surface area contributed by atoms with E-state index in [0.717, 1.165) is 45.7 Å². The van der Waals surface area contributed by atoms with E-state index in [4.69, 9.17) is 18.9 Å². The minimum Gasteiger partial charge on any atom is -0.352 e. The van der Waals surface area contributed by atoms with Crippen LogP contribution in [-0.4, -0.2) is 39.0 Å². The van der Waals surface area contributed by atoms with Gasteiger partial charge in [-0.25, -0.2) is 0 Å². The first kappa shape index (κ1) is 15.0. The fourth-order valence-electron chi connectivity index (χ4n) is 2.47. The fraction of sp³-hybridized carbons (Fsp3) is 0.867. The quantitative estimate of drug-likeness (QED) is 0.720.